The fraction of sp³-hybridized carbons (Fsp3) is 0.462. The summed E-state index contributed by atoms with van der Waals surface area (Å²) in [5.41, 5.74) is 1.62. The molecule has 0 unspecified atom stereocenters. The molecule has 1 fully saturated rings. The van der Waals surface area contributed by atoms with Crippen molar-refractivity contribution in [1.82, 2.24) is 5.32 Å². The van der Waals surface area contributed by atoms with Crippen LogP contribution in [0, 0.1) is 0 Å². The Morgan fingerprint density at radius 3 is 2.62 bits per heavy atom. The van der Waals surface area contributed by atoms with Crippen molar-refractivity contribution in [3.8, 4) is 0 Å². The zero-order chi connectivity index (χ0) is 11.4. The lowest BCUT2D eigenvalue weighted by molar-refractivity contribution is 0.0938. The normalized spacial score (nSPS) is 16.1. The molecule has 2 N–H and O–H groups in total. The number of amides is 1. The molecular weight excluding hydrogens is 200 g/mol. The lowest BCUT2D eigenvalue weighted by Crippen LogP contribution is -2.32. The maximum Gasteiger partial charge on any atom is 0.253 e. The van der Waals surface area contributed by atoms with Crippen LogP contribution in [0.2, 0.25) is 0 Å². The van der Waals surface area contributed by atoms with Gasteiger partial charge in [0.25, 0.3) is 5.91 Å². The summed E-state index contributed by atoms with van der Waals surface area (Å²) in [5.74, 6) is 0.0388. The van der Waals surface area contributed by atoms with Crippen LogP contribution in [0.4, 0.5) is 5.69 Å². The fourth-order valence-electron chi connectivity index (χ4n) is 2.23. The Morgan fingerprint density at radius 1 is 1.25 bits per heavy atom. The van der Waals surface area contributed by atoms with Gasteiger partial charge in [0.05, 0.1) is 5.56 Å². The summed E-state index contributed by atoms with van der Waals surface area (Å²) in [6, 6.07) is 7.97. The van der Waals surface area contributed by atoms with E-state index in [1.807, 2.05) is 31.3 Å². The summed E-state index contributed by atoms with van der Waals surface area (Å²) in [7, 11) is 1.84. The Kier molecular flexibility index (Phi) is 3.44. The first-order valence-corrected chi connectivity index (χ1v) is 5.89. The molecule has 16 heavy (non-hydrogen) atoms. The van der Waals surface area contributed by atoms with E-state index in [0.717, 1.165) is 24.1 Å². The van der Waals surface area contributed by atoms with Gasteiger partial charge in [0.2, 0.25) is 0 Å². The van der Waals surface area contributed by atoms with E-state index < -0.39 is 0 Å². The Labute approximate surface area is 96.2 Å². The minimum absolute atomic E-state index is 0.0388. The second kappa shape index (κ2) is 5.01. The molecule has 86 valence electrons. The van der Waals surface area contributed by atoms with Crippen LogP contribution in [0.3, 0.4) is 0 Å². The molecule has 0 radical (unpaired) electrons. The molecule has 0 heterocycles. The van der Waals surface area contributed by atoms with Crippen molar-refractivity contribution >= 4 is 11.6 Å². The minimum Gasteiger partial charge on any atom is -0.387 e. The van der Waals surface area contributed by atoms with Crippen molar-refractivity contribution in [2.24, 2.45) is 0 Å². The van der Waals surface area contributed by atoms with Gasteiger partial charge in [0, 0.05) is 18.8 Å². The highest BCUT2D eigenvalue weighted by Crippen LogP contribution is 2.19. The molecule has 0 saturated heterocycles. The van der Waals surface area contributed by atoms with Crippen LogP contribution in [-0.4, -0.2) is 19.0 Å². The predicted octanol–water partition coefficient (Wildman–Crippen LogP) is 2.40. The highest BCUT2D eigenvalue weighted by molar-refractivity contribution is 5.99. The molecule has 1 aliphatic rings. The monoisotopic (exact) mass is 218 g/mol. The third-order valence-electron chi connectivity index (χ3n) is 3.13. The second-order valence-electron chi connectivity index (χ2n) is 4.25. The van der Waals surface area contributed by atoms with Gasteiger partial charge in [-0.1, -0.05) is 25.0 Å². The maximum atomic E-state index is 12.0. The molecule has 1 aromatic rings. The molecule has 1 aliphatic carbocycles. The minimum atomic E-state index is 0.0388. The first-order valence-electron chi connectivity index (χ1n) is 5.89. The maximum absolute atomic E-state index is 12.0. The number of carbonyl (C=O) groups is 1. The van der Waals surface area contributed by atoms with Crippen molar-refractivity contribution < 1.29 is 4.79 Å². The molecule has 0 atom stereocenters. The number of benzene rings is 1. The summed E-state index contributed by atoms with van der Waals surface area (Å²) in [6.45, 7) is 0. The van der Waals surface area contributed by atoms with Gasteiger partial charge in [0.15, 0.2) is 0 Å². The molecule has 3 nitrogen and oxygen atoms in total. The average molecular weight is 218 g/mol. The predicted molar refractivity (Wildman–Crippen MR) is 65.7 cm³/mol. The highest BCUT2D eigenvalue weighted by atomic mass is 16.1. The van der Waals surface area contributed by atoms with E-state index in [1.165, 1.54) is 12.8 Å². The zero-order valence-corrected chi connectivity index (χ0v) is 9.62. The van der Waals surface area contributed by atoms with Gasteiger partial charge in [-0.3, -0.25) is 4.79 Å². The quantitative estimate of drug-likeness (QED) is 0.818. The standard InChI is InChI=1S/C13H18N2O/c1-14-12-9-5-4-8-11(12)13(16)15-10-6-2-3-7-10/h4-5,8-10,14H,2-3,6-7H2,1H3,(H,15,16). The van der Waals surface area contributed by atoms with Gasteiger partial charge >= 0.3 is 0 Å². The second-order valence-corrected chi connectivity index (χ2v) is 4.25. The highest BCUT2D eigenvalue weighted by Gasteiger charge is 2.18. The number of carbonyl (C=O) groups excluding carboxylic acids is 1. The lowest BCUT2D eigenvalue weighted by Gasteiger charge is -2.14. The number of para-hydroxylation sites is 1. The molecule has 3 heteroatoms. The van der Waals surface area contributed by atoms with Crippen LogP contribution in [0.1, 0.15) is 36.0 Å². The number of rotatable bonds is 3. The lowest BCUT2D eigenvalue weighted by atomic mass is 10.1. The first kappa shape index (κ1) is 11.0. The third kappa shape index (κ3) is 2.35. The van der Waals surface area contributed by atoms with E-state index >= 15 is 0 Å². The SMILES string of the molecule is CNc1ccccc1C(=O)NC1CCCC1. The molecule has 2 rings (SSSR count). The fourth-order valence-corrected chi connectivity index (χ4v) is 2.23. The third-order valence-corrected chi connectivity index (χ3v) is 3.13. The molecule has 1 saturated carbocycles. The molecular formula is C13H18N2O. The first-order chi connectivity index (χ1) is 7.81. The molecule has 0 aromatic heterocycles. The van der Waals surface area contributed by atoms with Gasteiger partial charge in [-0.05, 0) is 25.0 Å². The Balaban J connectivity index is 2.07. The van der Waals surface area contributed by atoms with Gasteiger partial charge in [-0.2, -0.15) is 0 Å². The van der Waals surface area contributed by atoms with Gasteiger partial charge < -0.3 is 10.6 Å². The van der Waals surface area contributed by atoms with Gasteiger partial charge in [-0.15, -0.1) is 0 Å². The van der Waals surface area contributed by atoms with Crippen LogP contribution < -0.4 is 10.6 Å². The molecule has 1 amide bonds. The van der Waals surface area contributed by atoms with Crippen molar-refractivity contribution in [1.29, 1.82) is 0 Å². The van der Waals surface area contributed by atoms with E-state index in [-0.39, 0.29) is 5.91 Å². The van der Waals surface area contributed by atoms with Crippen molar-refractivity contribution in [3.63, 3.8) is 0 Å². The summed E-state index contributed by atoms with van der Waals surface area (Å²) >= 11 is 0. The van der Waals surface area contributed by atoms with E-state index in [1.54, 1.807) is 0 Å². The number of nitrogens with one attached hydrogen (secondary N) is 2. The van der Waals surface area contributed by atoms with Crippen LogP contribution in [0.15, 0.2) is 24.3 Å². The van der Waals surface area contributed by atoms with Gasteiger partial charge in [-0.25, -0.2) is 0 Å². The summed E-state index contributed by atoms with van der Waals surface area (Å²) < 4.78 is 0. The zero-order valence-electron chi connectivity index (χ0n) is 9.62. The Morgan fingerprint density at radius 2 is 1.94 bits per heavy atom. The van der Waals surface area contributed by atoms with E-state index in [4.69, 9.17) is 0 Å². The van der Waals surface area contributed by atoms with Crippen molar-refractivity contribution in [2.45, 2.75) is 31.7 Å². The summed E-state index contributed by atoms with van der Waals surface area (Å²) in [5, 5.41) is 6.13. The van der Waals surface area contributed by atoms with Crippen LogP contribution in [0.25, 0.3) is 0 Å². The summed E-state index contributed by atoms with van der Waals surface area (Å²) in [4.78, 5) is 12.0. The number of hydrogen-bond acceptors (Lipinski definition) is 2. The van der Waals surface area contributed by atoms with E-state index in [9.17, 15) is 4.79 Å². The van der Waals surface area contributed by atoms with Crippen molar-refractivity contribution in [2.75, 3.05) is 12.4 Å². The van der Waals surface area contributed by atoms with E-state index in [2.05, 4.69) is 10.6 Å². The smallest absolute Gasteiger partial charge is 0.253 e. The summed E-state index contributed by atoms with van der Waals surface area (Å²) in [6.07, 6.45) is 4.71. The Hall–Kier alpha value is -1.51. The van der Waals surface area contributed by atoms with Crippen LogP contribution in [0.5, 0.6) is 0 Å². The molecule has 0 bridgehead atoms. The van der Waals surface area contributed by atoms with Crippen LogP contribution >= 0.6 is 0 Å². The van der Waals surface area contributed by atoms with Crippen LogP contribution in [-0.2, 0) is 0 Å². The van der Waals surface area contributed by atoms with Crippen molar-refractivity contribution in [3.05, 3.63) is 29.8 Å². The number of hydrogen-bond donors (Lipinski definition) is 2. The molecule has 0 aliphatic heterocycles. The van der Waals surface area contributed by atoms with E-state index in [0.29, 0.717) is 6.04 Å². The molecule has 0 spiro atoms. The largest absolute Gasteiger partial charge is 0.387 e. The molecule has 1 aromatic carbocycles. The average Bonchev–Trinajstić information content (AvgIpc) is 2.81. The topological polar surface area (TPSA) is 41.1 Å². The Bertz CT molecular complexity index is 370. The number of anilines is 1. The van der Waals surface area contributed by atoms with Gasteiger partial charge in [0.1, 0.15) is 0 Å².